The molecule has 4 atom stereocenters. The van der Waals surface area contributed by atoms with E-state index in [4.69, 9.17) is 9.47 Å². The van der Waals surface area contributed by atoms with E-state index in [1.54, 1.807) is 0 Å². The van der Waals surface area contributed by atoms with Crippen molar-refractivity contribution >= 4 is 0 Å². The van der Waals surface area contributed by atoms with Gasteiger partial charge in [0.05, 0.1) is 18.3 Å². The molecule has 2 aliphatic heterocycles. The van der Waals surface area contributed by atoms with E-state index in [-0.39, 0.29) is 0 Å². The highest BCUT2D eigenvalue weighted by Gasteiger charge is 2.27. The Balaban J connectivity index is 1.79. The van der Waals surface area contributed by atoms with Gasteiger partial charge in [-0.05, 0) is 46.5 Å². The van der Waals surface area contributed by atoms with Crippen molar-refractivity contribution in [1.29, 1.82) is 0 Å². The monoisotopic (exact) mass is 227 g/mol. The Labute approximate surface area is 98.9 Å². The second-order valence-electron chi connectivity index (χ2n) is 5.50. The van der Waals surface area contributed by atoms with Gasteiger partial charge in [0.15, 0.2) is 0 Å². The molecule has 0 bridgehead atoms. The van der Waals surface area contributed by atoms with Crippen molar-refractivity contribution in [2.24, 2.45) is 0 Å². The Kier molecular flexibility index (Phi) is 4.22. The molecule has 0 aliphatic carbocycles. The Bertz CT molecular complexity index is 212. The lowest BCUT2D eigenvalue weighted by atomic mass is 9.96. The van der Waals surface area contributed by atoms with Crippen LogP contribution in [0, 0.1) is 0 Å². The van der Waals surface area contributed by atoms with Crippen LogP contribution in [0.5, 0.6) is 0 Å². The minimum absolute atomic E-state index is 0.401. The van der Waals surface area contributed by atoms with Crippen LogP contribution >= 0.6 is 0 Å². The second-order valence-corrected chi connectivity index (χ2v) is 5.50. The number of ether oxygens (including phenoxy) is 2. The fraction of sp³-hybridized carbons (Fsp3) is 1.00. The van der Waals surface area contributed by atoms with Gasteiger partial charge in [0.25, 0.3) is 0 Å². The van der Waals surface area contributed by atoms with Gasteiger partial charge in [-0.15, -0.1) is 0 Å². The maximum Gasteiger partial charge on any atom is 0.0565 e. The van der Waals surface area contributed by atoms with Crippen molar-refractivity contribution in [2.45, 2.75) is 76.9 Å². The molecule has 1 N–H and O–H groups in total. The van der Waals surface area contributed by atoms with Crippen molar-refractivity contribution in [2.75, 3.05) is 6.61 Å². The first kappa shape index (κ1) is 12.3. The second kappa shape index (κ2) is 5.48. The maximum absolute atomic E-state index is 5.76. The zero-order chi connectivity index (χ0) is 11.5. The van der Waals surface area contributed by atoms with Gasteiger partial charge < -0.3 is 14.8 Å². The van der Waals surface area contributed by atoms with E-state index in [1.165, 1.54) is 0 Å². The smallest absolute Gasteiger partial charge is 0.0565 e. The van der Waals surface area contributed by atoms with E-state index in [1.807, 2.05) is 0 Å². The zero-order valence-corrected chi connectivity index (χ0v) is 10.7. The summed E-state index contributed by atoms with van der Waals surface area (Å²) < 4.78 is 11.3. The molecule has 4 unspecified atom stereocenters. The van der Waals surface area contributed by atoms with Gasteiger partial charge in [-0.1, -0.05) is 0 Å². The van der Waals surface area contributed by atoms with Crippen molar-refractivity contribution < 1.29 is 9.47 Å². The third-order valence-corrected chi connectivity index (χ3v) is 3.65. The molecule has 0 saturated carbocycles. The van der Waals surface area contributed by atoms with Crippen LogP contribution in [0.3, 0.4) is 0 Å². The van der Waals surface area contributed by atoms with Gasteiger partial charge in [0.1, 0.15) is 0 Å². The first-order chi connectivity index (χ1) is 7.63. The van der Waals surface area contributed by atoms with E-state index in [0.717, 1.165) is 32.3 Å². The largest absolute Gasteiger partial charge is 0.378 e. The van der Waals surface area contributed by atoms with Crippen LogP contribution in [-0.2, 0) is 9.47 Å². The molecule has 0 amide bonds. The molecular weight excluding hydrogens is 202 g/mol. The van der Waals surface area contributed by atoms with E-state index >= 15 is 0 Å². The fourth-order valence-corrected chi connectivity index (χ4v) is 3.02. The van der Waals surface area contributed by atoms with Crippen molar-refractivity contribution in [1.82, 2.24) is 5.32 Å². The first-order valence-corrected chi connectivity index (χ1v) is 6.66. The van der Waals surface area contributed by atoms with E-state index in [2.05, 4.69) is 26.1 Å². The molecular formula is C13H25NO2. The average Bonchev–Trinajstić information content (AvgIpc) is 2.15. The third kappa shape index (κ3) is 3.44. The van der Waals surface area contributed by atoms with Gasteiger partial charge in [-0.25, -0.2) is 0 Å². The van der Waals surface area contributed by atoms with Gasteiger partial charge in [-0.2, -0.15) is 0 Å². The van der Waals surface area contributed by atoms with Crippen LogP contribution in [0.2, 0.25) is 0 Å². The van der Waals surface area contributed by atoms with Crippen molar-refractivity contribution in [3.05, 3.63) is 0 Å². The van der Waals surface area contributed by atoms with Crippen LogP contribution in [0.4, 0.5) is 0 Å². The summed E-state index contributed by atoms with van der Waals surface area (Å²) in [5.41, 5.74) is 0. The summed E-state index contributed by atoms with van der Waals surface area (Å²) in [7, 11) is 0. The molecule has 3 heteroatoms. The molecule has 0 radical (unpaired) electrons. The SMILES string of the molecule is CC1CC(NC2CC(C)OC(C)C2)CCO1. The lowest BCUT2D eigenvalue weighted by Gasteiger charge is -2.37. The summed E-state index contributed by atoms with van der Waals surface area (Å²) >= 11 is 0. The Morgan fingerprint density at radius 2 is 1.50 bits per heavy atom. The highest BCUT2D eigenvalue weighted by atomic mass is 16.5. The number of hydrogen-bond donors (Lipinski definition) is 1. The van der Waals surface area contributed by atoms with Crippen molar-refractivity contribution in [3.8, 4) is 0 Å². The average molecular weight is 227 g/mol. The Morgan fingerprint density at radius 1 is 0.875 bits per heavy atom. The third-order valence-electron chi connectivity index (χ3n) is 3.65. The molecule has 2 aliphatic rings. The fourth-order valence-electron chi connectivity index (χ4n) is 3.02. The maximum atomic E-state index is 5.76. The summed E-state index contributed by atoms with van der Waals surface area (Å²) in [6.45, 7) is 7.43. The van der Waals surface area contributed by atoms with Gasteiger partial charge in [-0.3, -0.25) is 0 Å². The summed E-state index contributed by atoms with van der Waals surface area (Å²) in [6.07, 6.45) is 5.83. The van der Waals surface area contributed by atoms with Crippen LogP contribution in [0.25, 0.3) is 0 Å². The normalized spacial score (nSPS) is 45.6. The minimum Gasteiger partial charge on any atom is -0.378 e. The Morgan fingerprint density at radius 3 is 2.12 bits per heavy atom. The summed E-state index contributed by atoms with van der Waals surface area (Å²) in [4.78, 5) is 0. The van der Waals surface area contributed by atoms with Crippen LogP contribution < -0.4 is 5.32 Å². The molecule has 2 fully saturated rings. The number of nitrogens with one attached hydrogen (secondary N) is 1. The number of hydrogen-bond acceptors (Lipinski definition) is 3. The van der Waals surface area contributed by atoms with Crippen LogP contribution in [0.15, 0.2) is 0 Å². The highest BCUT2D eigenvalue weighted by Crippen LogP contribution is 2.21. The molecule has 16 heavy (non-hydrogen) atoms. The van der Waals surface area contributed by atoms with E-state index in [0.29, 0.717) is 30.4 Å². The molecule has 0 aromatic heterocycles. The lowest BCUT2D eigenvalue weighted by Crippen LogP contribution is -2.48. The standard InChI is InChI=1S/C13H25NO2/c1-9-6-12(4-5-15-9)14-13-7-10(2)16-11(3)8-13/h9-14H,4-8H2,1-3H3. The summed E-state index contributed by atoms with van der Waals surface area (Å²) in [5.74, 6) is 0. The van der Waals surface area contributed by atoms with Gasteiger partial charge in [0.2, 0.25) is 0 Å². The molecule has 94 valence electrons. The molecule has 2 heterocycles. The quantitative estimate of drug-likeness (QED) is 0.783. The minimum atomic E-state index is 0.401. The number of rotatable bonds is 2. The lowest BCUT2D eigenvalue weighted by molar-refractivity contribution is -0.0486. The molecule has 0 aromatic carbocycles. The topological polar surface area (TPSA) is 30.5 Å². The highest BCUT2D eigenvalue weighted by molar-refractivity contribution is 4.84. The Hall–Kier alpha value is -0.120. The van der Waals surface area contributed by atoms with Gasteiger partial charge in [0, 0.05) is 18.7 Å². The zero-order valence-electron chi connectivity index (χ0n) is 10.7. The molecule has 3 nitrogen and oxygen atoms in total. The molecule has 0 spiro atoms. The van der Waals surface area contributed by atoms with Gasteiger partial charge >= 0.3 is 0 Å². The van der Waals surface area contributed by atoms with E-state index in [9.17, 15) is 0 Å². The van der Waals surface area contributed by atoms with Crippen LogP contribution in [0.1, 0.15) is 46.5 Å². The summed E-state index contributed by atoms with van der Waals surface area (Å²) in [6, 6.07) is 1.28. The van der Waals surface area contributed by atoms with E-state index < -0.39 is 0 Å². The molecule has 2 saturated heterocycles. The van der Waals surface area contributed by atoms with Crippen molar-refractivity contribution in [3.63, 3.8) is 0 Å². The predicted molar refractivity (Wildman–Crippen MR) is 64.6 cm³/mol. The first-order valence-electron chi connectivity index (χ1n) is 6.66. The summed E-state index contributed by atoms with van der Waals surface area (Å²) in [5, 5.41) is 3.79. The molecule has 2 rings (SSSR count). The van der Waals surface area contributed by atoms with Crippen LogP contribution in [-0.4, -0.2) is 37.0 Å². The predicted octanol–water partition coefficient (Wildman–Crippen LogP) is 2.10. The molecule has 0 aromatic rings.